The van der Waals surface area contributed by atoms with Crippen LogP contribution < -0.4 is 0 Å². The summed E-state index contributed by atoms with van der Waals surface area (Å²) >= 11 is 1.96. The molecule has 2 heterocycles. The van der Waals surface area contributed by atoms with Gasteiger partial charge in [0.05, 0.1) is 5.92 Å². The number of carbonyl (C=O) groups excluding carboxylic acids is 1. The first-order valence-corrected chi connectivity index (χ1v) is 7.90. The van der Waals surface area contributed by atoms with Gasteiger partial charge in [0.15, 0.2) is 0 Å². The fraction of sp³-hybridized carbons (Fsp3) is 0.846. The summed E-state index contributed by atoms with van der Waals surface area (Å²) in [6.07, 6.45) is 4.41. The van der Waals surface area contributed by atoms with Gasteiger partial charge in [-0.3, -0.25) is 9.59 Å². The summed E-state index contributed by atoms with van der Waals surface area (Å²) < 4.78 is 0. The van der Waals surface area contributed by atoms with Crippen LogP contribution in [0.3, 0.4) is 0 Å². The van der Waals surface area contributed by atoms with Gasteiger partial charge in [-0.05, 0) is 43.1 Å². The van der Waals surface area contributed by atoms with E-state index in [9.17, 15) is 9.59 Å². The number of likely N-dealkylation sites (tertiary alicyclic amines) is 1. The molecule has 4 nitrogen and oxygen atoms in total. The molecule has 0 bridgehead atoms. The molecule has 1 N–H and O–H groups in total. The highest BCUT2D eigenvalue weighted by atomic mass is 32.2. The SMILES string of the molecule is O=C(O)C1CCCN(C(=O)CC2CCSCC2)C1. The molecule has 0 aromatic heterocycles. The first-order valence-electron chi connectivity index (χ1n) is 6.75. The van der Waals surface area contributed by atoms with Crippen molar-refractivity contribution in [3.05, 3.63) is 0 Å². The number of carbonyl (C=O) groups is 2. The van der Waals surface area contributed by atoms with Crippen molar-refractivity contribution in [2.45, 2.75) is 32.1 Å². The molecule has 2 rings (SSSR count). The summed E-state index contributed by atoms with van der Waals surface area (Å²) in [4.78, 5) is 24.9. The molecule has 0 aromatic rings. The summed E-state index contributed by atoms with van der Waals surface area (Å²) in [5.41, 5.74) is 0. The first kappa shape index (κ1) is 13.7. The Morgan fingerprint density at radius 2 is 1.94 bits per heavy atom. The predicted octanol–water partition coefficient (Wildman–Crippen LogP) is 1.84. The molecule has 102 valence electrons. The van der Waals surface area contributed by atoms with Crippen LogP contribution >= 0.6 is 11.8 Å². The second-order valence-corrected chi connectivity index (χ2v) is 6.50. The zero-order valence-electron chi connectivity index (χ0n) is 10.6. The van der Waals surface area contributed by atoms with Gasteiger partial charge in [0.2, 0.25) is 5.91 Å². The summed E-state index contributed by atoms with van der Waals surface area (Å²) in [5.74, 6) is 1.89. The number of amides is 1. The summed E-state index contributed by atoms with van der Waals surface area (Å²) in [6.45, 7) is 1.15. The van der Waals surface area contributed by atoms with Crippen LogP contribution in [-0.2, 0) is 9.59 Å². The van der Waals surface area contributed by atoms with Crippen molar-refractivity contribution in [3.63, 3.8) is 0 Å². The summed E-state index contributed by atoms with van der Waals surface area (Å²) in [6, 6.07) is 0. The molecule has 18 heavy (non-hydrogen) atoms. The smallest absolute Gasteiger partial charge is 0.308 e. The van der Waals surface area contributed by atoms with Gasteiger partial charge in [0.1, 0.15) is 0 Å². The van der Waals surface area contributed by atoms with Gasteiger partial charge in [0.25, 0.3) is 0 Å². The van der Waals surface area contributed by atoms with E-state index in [2.05, 4.69) is 0 Å². The zero-order valence-corrected chi connectivity index (χ0v) is 11.5. The van der Waals surface area contributed by atoms with Gasteiger partial charge in [-0.2, -0.15) is 11.8 Å². The van der Waals surface area contributed by atoms with Gasteiger partial charge < -0.3 is 10.0 Å². The van der Waals surface area contributed by atoms with E-state index >= 15 is 0 Å². The molecular formula is C13H21NO3S. The van der Waals surface area contributed by atoms with Crippen LogP contribution in [0.5, 0.6) is 0 Å². The maximum Gasteiger partial charge on any atom is 0.308 e. The average Bonchev–Trinajstić information content (AvgIpc) is 2.40. The van der Waals surface area contributed by atoms with Crippen molar-refractivity contribution in [1.29, 1.82) is 0 Å². The molecule has 0 aromatic carbocycles. The highest BCUT2D eigenvalue weighted by molar-refractivity contribution is 7.99. The fourth-order valence-corrected chi connectivity index (χ4v) is 3.94. The van der Waals surface area contributed by atoms with E-state index in [1.165, 1.54) is 0 Å². The van der Waals surface area contributed by atoms with Crippen LogP contribution in [0, 0.1) is 11.8 Å². The van der Waals surface area contributed by atoms with E-state index < -0.39 is 5.97 Å². The van der Waals surface area contributed by atoms with E-state index in [0.717, 1.165) is 37.3 Å². The number of rotatable bonds is 3. The molecule has 5 heteroatoms. The van der Waals surface area contributed by atoms with Crippen LogP contribution in [0.2, 0.25) is 0 Å². The maximum absolute atomic E-state index is 12.2. The van der Waals surface area contributed by atoms with Crippen molar-refractivity contribution in [2.24, 2.45) is 11.8 Å². The topological polar surface area (TPSA) is 57.6 Å². The Labute approximate surface area is 112 Å². The summed E-state index contributed by atoms with van der Waals surface area (Å²) in [5, 5.41) is 9.02. The van der Waals surface area contributed by atoms with Crippen LogP contribution in [0.4, 0.5) is 0 Å². The Hall–Kier alpha value is -0.710. The number of aliphatic carboxylic acids is 1. The van der Waals surface area contributed by atoms with Crippen LogP contribution in [0.15, 0.2) is 0 Å². The highest BCUT2D eigenvalue weighted by Gasteiger charge is 2.29. The zero-order chi connectivity index (χ0) is 13.0. The van der Waals surface area contributed by atoms with Crippen LogP contribution in [0.1, 0.15) is 32.1 Å². The number of thioether (sulfide) groups is 1. The van der Waals surface area contributed by atoms with Gasteiger partial charge >= 0.3 is 5.97 Å². The van der Waals surface area contributed by atoms with E-state index in [0.29, 0.717) is 25.3 Å². The fourth-order valence-electron chi connectivity index (χ4n) is 2.73. The van der Waals surface area contributed by atoms with Crippen molar-refractivity contribution in [2.75, 3.05) is 24.6 Å². The van der Waals surface area contributed by atoms with Crippen molar-refractivity contribution in [1.82, 2.24) is 4.90 Å². The lowest BCUT2D eigenvalue weighted by atomic mass is 9.95. The quantitative estimate of drug-likeness (QED) is 0.851. The second kappa shape index (κ2) is 6.45. The standard InChI is InChI=1S/C13H21NO3S/c15-12(8-10-3-6-18-7-4-10)14-5-1-2-11(9-14)13(16)17/h10-11H,1-9H2,(H,16,17). The Kier molecular flexibility index (Phi) is 4.92. The minimum absolute atomic E-state index is 0.165. The Bertz CT molecular complexity index is 315. The molecular weight excluding hydrogens is 250 g/mol. The van der Waals surface area contributed by atoms with Crippen LogP contribution in [0.25, 0.3) is 0 Å². The molecule has 1 atom stereocenters. The van der Waals surface area contributed by atoms with Gasteiger partial charge in [-0.1, -0.05) is 0 Å². The third-order valence-electron chi connectivity index (χ3n) is 3.93. The minimum Gasteiger partial charge on any atom is -0.481 e. The molecule has 1 amide bonds. The lowest BCUT2D eigenvalue weighted by Crippen LogP contribution is -2.43. The van der Waals surface area contributed by atoms with E-state index in [4.69, 9.17) is 5.11 Å². The lowest BCUT2D eigenvalue weighted by Gasteiger charge is -2.32. The van der Waals surface area contributed by atoms with Crippen LogP contribution in [-0.4, -0.2) is 46.5 Å². The second-order valence-electron chi connectivity index (χ2n) is 5.28. The first-order chi connectivity index (χ1) is 8.66. The van der Waals surface area contributed by atoms with E-state index in [1.807, 2.05) is 11.8 Å². The van der Waals surface area contributed by atoms with E-state index in [1.54, 1.807) is 4.90 Å². The molecule has 1 unspecified atom stereocenters. The minimum atomic E-state index is -0.762. The van der Waals surface area contributed by atoms with Crippen molar-refractivity contribution >= 4 is 23.6 Å². The van der Waals surface area contributed by atoms with Gasteiger partial charge in [0, 0.05) is 19.5 Å². The number of nitrogens with zero attached hydrogens (tertiary/aromatic N) is 1. The Morgan fingerprint density at radius 1 is 1.22 bits per heavy atom. The third kappa shape index (κ3) is 3.64. The molecule has 2 aliphatic heterocycles. The van der Waals surface area contributed by atoms with Crippen molar-refractivity contribution in [3.8, 4) is 0 Å². The molecule has 0 saturated carbocycles. The van der Waals surface area contributed by atoms with Gasteiger partial charge in [-0.25, -0.2) is 0 Å². The normalized spacial score (nSPS) is 26.0. The predicted molar refractivity (Wildman–Crippen MR) is 71.6 cm³/mol. The highest BCUT2D eigenvalue weighted by Crippen LogP contribution is 2.27. The van der Waals surface area contributed by atoms with E-state index in [-0.39, 0.29) is 11.8 Å². The third-order valence-corrected chi connectivity index (χ3v) is 4.98. The lowest BCUT2D eigenvalue weighted by molar-refractivity contribution is -0.145. The van der Waals surface area contributed by atoms with Gasteiger partial charge in [-0.15, -0.1) is 0 Å². The number of hydrogen-bond donors (Lipinski definition) is 1. The maximum atomic E-state index is 12.2. The average molecular weight is 271 g/mol. The number of piperidine rings is 1. The molecule has 0 radical (unpaired) electrons. The Morgan fingerprint density at radius 3 is 2.61 bits per heavy atom. The number of carboxylic acid groups (broad SMARTS) is 1. The monoisotopic (exact) mass is 271 g/mol. The molecule has 2 aliphatic rings. The molecule has 2 fully saturated rings. The largest absolute Gasteiger partial charge is 0.481 e. The molecule has 0 aliphatic carbocycles. The summed E-state index contributed by atoms with van der Waals surface area (Å²) in [7, 11) is 0. The Balaban J connectivity index is 1.82. The van der Waals surface area contributed by atoms with Crippen molar-refractivity contribution < 1.29 is 14.7 Å². The number of hydrogen-bond acceptors (Lipinski definition) is 3. The number of carboxylic acids is 1. The molecule has 0 spiro atoms. The molecule has 2 saturated heterocycles.